The molecular weight excluding hydrogens is 490 g/mol. The first-order chi connectivity index (χ1) is 17.5. The molecule has 0 fully saturated rings. The molecule has 0 aromatic heterocycles. The van der Waals surface area contributed by atoms with Crippen molar-refractivity contribution in [3.8, 4) is 5.75 Å². The zero-order valence-electron chi connectivity index (χ0n) is 22.0. The van der Waals surface area contributed by atoms with Crippen LogP contribution in [0.2, 0.25) is 0 Å². The van der Waals surface area contributed by atoms with Gasteiger partial charge >= 0.3 is 0 Å². The maximum absolute atomic E-state index is 13.5. The van der Waals surface area contributed by atoms with Crippen molar-refractivity contribution in [2.45, 2.75) is 38.3 Å². The minimum absolute atomic E-state index is 0.101. The van der Waals surface area contributed by atoms with Gasteiger partial charge in [-0.05, 0) is 53.4 Å². The molecule has 0 aliphatic rings. The lowest BCUT2D eigenvalue weighted by Crippen LogP contribution is -2.51. The summed E-state index contributed by atoms with van der Waals surface area (Å²) in [6.45, 7) is 5.79. The highest BCUT2D eigenvalue weighted by Crippen LogP contribution is 2.22. The van der Waals surface area contributed by atoms with Crippen LogP contribution < -0.4 is 10.1 Å². The van der Waals surface area contributed by atoms with Crippen molar-refractivity contribution in [1.29, 1.82) is 0 Å². The summed E-state index contributed by atoms with van der Waals surface area (Å²) < 4.78 is 32.9. The number of methoxy groups -OCH3 is 1. The lowest BCUT2D eigenvalue weighted by Gasteiger charge is -2.30. The molecule has 0 bridgehead atoms. The molecule has 2 amide bonds. The number of fused-ring (bicyclic) bond motifs is 1. The topological polar surface area (TPSA) is 96.0 Å². The second kappa shape index (κ2) is 12.2. The maximum atomic E-state index is 13.5. The van der Waals surface area contributed by atoms with Crippen LogP contribution in [0.5, 0.6) is 5.75 Å². The summed E-state index contributed by atoms with van der Waals surface area (Å²) in [5.41, 5.74) is 0.760. The number of ether oxygens (including phenoxy) is 1. The predicted molar refractivity (Wildman–Crippen MR) is 145 cm³/mol. The fourth-order valence-corrected chi connectivity index (χ4v) is 5.03. The molecule has 1 N–H and O–H groups in total. The summed E-state index contributed by atoms with van der Waals surface area (Å²) in [7, 11) is -1.02. The first-order valence-electron chi connectivity index (χ1n) is 12.2. The molecule has 0 aliphatic carbocycles. The van der Waals surface area contributed by atoms with E-state index in [2.05, 4.69) is 5.32 Å². The third kappa shape index (κ3) is 7.08. The Morgan fingerprint density at radius 1 is 0.946 bits per heavy atom. The van der Waals surface area contributed by atoms with Gasteiger partial charge in [-0.2, -0.15) is 4.31 Å². The highest BCUT2D eigenvalue weighted by molar-refractivity contribution is 7.89. The number of hydrogen-bond donors (Lipinski definition) is 1. The summed E-state index contributed by atoms with van der Waals surface area (Å²) >= 11 is 0. The van der Waals surface area contributed by atoms with E-state index in [4.69, 9.17) is 4.74 Å². The average Bonchev–Trinajstić information content (AvgIpc) is 2.89. The molecule has 0 unspecified atom stereocenters. The first-order valence-corrected chi connectivity index (χ1v) is 13.6. The van der Waals surface area contributed by atoms with Crippen LogP contribution in [0, 0.1) is 5.92 Å². The van der Waals surface area contributed by atoms with Crippen LogP contribution in [-0.4, -0.2) is 62.7 Å². The van der Waals surface area contributed by atoms with Crippen molar-refractivity contribution in [3.05, 3.63) is 72.3 Å². The van der Waals surface area contributed by atoms with Gasteiger partial charge in [-0.1, -0.05) is 56.3 Å². The quantitative estimate of drug-likeness (QED) is 0.412. The van der Waals surface area contributed by atoms with Crippen molar-refractivity contribution < 1.29 is 22.7 Å². The molecule has 0 saturated heterocycles. The zero-order chi connectivity index (χ0) is 27.2. The van der Waals surface area contributed by atoms with E-state index in [0.717, 1.165) is 20.6 Å². The molecule has 0 aliphatic heterocycles. The zero-order valence-corrected chi connectivity index (χ0v) is 22.8. The molecule has 3 aromatic carbocycles. The van der Waals surface area contributed by atoms with Gasteiger partial charge in [0.2, 0.25) is 21.8 Å². The minimum Gasteiger partial charge on any atom is -0.497 e. The number of benzene rings is 3. The summed E-state index contributed by atoms with van der Waals surface area (Å²) in [4.78, 5) is 27.9. The van der Waals surface area contributed by atoms with E-state index in [9.17, 15) is 18.0 Å². The Hall–Kier alpha value is -3.43. The third-order valence-electron chi connectivity index (χ3n) is 6.13. The first kappa shape index (κ1) is 28.1. The molecule has 0 radical (unpaired) electrons. The number of hydrogen-bond acceptors (Lipinski definition) is 5. The molecule has 198 valence electrons. The Balaban J connectivity index is 1.84. The van der Waals surface area contributed by atoms with Crippen molar-refractivity contribution in [2.24, 2.45) is 5.92 Å². The number of carbonyl (C=O) groups excluding carboxylic acids is 2. The second-order valence-corrected chi connectivity index (χ2v) is 11.5. The number of carbonyl (C=O) groups is 2. The monoisotopic (exact) mass is 525 g/mol. The molecule has 8 nitrogen and oxygen atoms in total. The van der Waals surface area contributed by atoms with Crippen molar-refractivity contribution in [2.75, 3.05) is 27.2 Å². The molecule has 0 spiro atoms. The number of nitrogens with one attached hydrogen (secondary N) is 1. The van der Waals surface area contributed by atoms with E-state index in [1.807, 2.05) is 44.2 Å². The van der Waals surface area contributed by atoms with Gasteiger partial charge in [0, 0.05) is 20.1 Å². The maximum Gasteiger partial charge on any atom is 0.243 e. The minimum atomic E-state index is -3.94. The molecule has 3 aromatic rings. The normalized spacial score (nSPS) is 12.5. The number of rotatable bonds is 11. The van der Waals surface area contributed by atoms with Gasteiger partial charge in [-0.25, -0.2) is 8.42 Å². The van der Waals surface area contributed by atoms with Crippen LogP contribution in [-0.2, 0) is 26.2 Å². The van der Waals surface area contributed by atoms with E-state index < -0.39 is 28.5 Å². The fourth-order valence-electron chi connectivity index (χ4n) is 3.88. The molecule has 0 heterocycles. The highest BCUT2D eigenvalue weighted by atomic mass is 32.2. The van der Waals surface area contributed by atoms with Gasteiger partial charge in [0.25, 0.3) is 0 Å². The van der Waals surface area contributed by atoms with Gasteiger partial charge in [-0.3, -0.25) is 9.59 Å². The SMILES string of the molecule is COc1cccc(CN(C(=O)CN(C)S(=O)(=O)c2ccc3ccccc3c2)[C@H](C)C(=O)NCC(C)C)c1. The number of sulfonamides is 1. The average molecular weight is 526 g/mol. The van der Waals surface area contributed by atoms with Gasteiger partial charge in [-0.15, -0.1) is 0 Å². The van der Waals surface area contributed by atoms with Crippen molar-refractivity contribution in [1.82, 2.24) is 14.5 Å². The van der Waals surface area contributed by atoms with E-state index >= 15 is 0 Å². The van der Waals surface area contributed by atoms with Crippen LogP contribution in [0.15, 0.2) is 71.6 Å². The summed E-state index contributed by atoms with van der Waals surface area (Å²) in [6, 6.07) is 18.7. The molecule has 3 rings (SSSR count). The predicted octanol–water partition coefficient (Wildman–Crippen LogP) is 3.66. The van der Waals surface area contributed by atoms with Crippen LogP contribution in [0.3, 0.4) is 0 Å². The van der Waals surface area contributed by atoms with Gasteiger partial charge in [0.15, 0.2) is 0 Å². The number of likely N-dealkylation sites (N-methyl/N-ethyl adjacent to an activating group) is 1. The molecule has 37 heavy (non-hydrogen) atoms. The lowest BCUT2D eigenvalue weighted by atomic mass is 10.1. The Morgan fingerprint density at radius 2 is 1.65 bits per heavy atom. The second-order valence-electron chi connectivity index (χ2n) is 9.46. The van der Waals surface area contributed by atoms with E-state index in [0.29, 0.717) is 12.3 Å². The van der Waals surface area contributed by atoms with E-state index in [-0.39, 0.29) is 23.3 Å². The molecule has 0 saturated carbocycles. The van der Waals surface area contributed by atoms with Crippen LogP contribution >= 0.6 is 0 Å². The summed E-state index contributed by atoms with van der Waals surface area (Å²) in [6.07, 6.45) is 0. The standard InChI is InChI=1S/C28H35N3O5S/c1-20(2)17-29-28(33)21(3)31(18-22-9-8-12-25(15-22)36-5)27(32)19-30(4)37(34,35)26-14-13-23-10-6-7-11-24(23)16-26/h6-16,20-21H,17-19H2,1-5H3,(H,29,33)/t21-/m1/s1. The lowest BCUT2D eigenvalue weighted by molar-refractivity contribution is -0.140. The van der Waals surface area contributed by atoms with Crippen LogP contribution in [0.4, 0.5) is 0 Å². The third-order valence-corrected chi connectivity index (χ3v) is 7.93. The fraction of sp³-hybridized carbons (Fsp3) is 0.357. The van der Waals surface area contributed by atoms with Crippen LogP contribution in [0.1, 0.15) is 26.3 Å². The molecule has 9 heteroatoms. The number of amides is 2. The van der Waals surface area contributed by atoms with Gasteiger partial charge in [0.1, 0.15) is 11.8 Å². The Kier molecular flexibility index (Phi) is 9.29. The summed E-state index contributed by atoms with van der Waals surface area (Å²) in [5, 5.41) is 4.57. The smallest absolute Gasteiger partial charge is 0.243 e. The van der Waals surface area contributed by atoms with E-state index in [1.54, 1.807) is 44.4 Å². The Morgan fingerprint density at radius 3 is 2.32 bits per heavy atom. The van der Waals surface area contributed by atoms with Gasteiger partial charge in [0.05, 0.1) is 18.6 Å². The Bertz CT molecular complexity index is 1360. The van der Waals surface area contributed by atoms with E-state index in [1.165, 1.54) is 18.0 Å². The number of nitrogens with zero attached hydrogens (tertiary/aromatic N) is 2. The van der Waals surface area contributed by atoms with Gasteiger partial charge < -0.3 is 15.0 Å². The highest BCUT2D eigenvalue weighted by Gasteiger charge is 2.30. The van der Waals surface area contributed by atoms with Crippen molar-refractivity contribution >= 4 is 32.6 Å². The largest absolute Gasteiger partial charge is 0.497 e. The molecule has 1 atom stereocenters. The van der Waals surface area contributed by atoms with Crippen LogP contribution in [0.25, 0.3) is 10.8 Å². The Labute approximate surface area is 219 Å². The molecular formula is C28H35N3O5S. The van der Waals surface area contributed by atoms with Crippen molar-refractivity contribution in [3.63, 3.8) is 0 Å². The summed E-state index contributed by atoms with van der Waals surface area (Å²) in [5.74, 6) is 0.0848.